The number of amides is 1. The van der Waals surface area contributed by atoms with Crippen LogP contribution < -0.4 is 5.32 Å². The van der Waals surface area contributed by atoms with Crippen LogP contribution >= 0.6 is 24.2 Å². The number of nitrogens with one attached hydrogen (secondary N) is 1. The number of hydrogen-bond donors (Lipinski definition) is 1. The normalized spacial score (nSPS) is 18.6. The number of ether oxygens (including phenoxy) is 1. The number of halogens is 1. The van der Waals surface area contributed by atoms with E-state index in [4.69, 9.17) is 4.74 Å². The highest BCUT2D eigenvalue weighted by Crippen LogP contribution is 2.22. The van der Waals surface area contributed by atoms with Crippen LogP contribution in [-0.4, -0.2) is 18.5 Å². The summed E-state index contributed by atoms with van der Waals surface area (Å²) < 4.78 is 4.84. The molecule has 0 aliphatic carbocycles. The van der Waals surface area contributed by atoms with Crippen LogP contribution in [0.3, 0.4) is 0 Å². The molecule has 0 saturated carbocycles. The molecule has 1 N–H and O–H groups in total. The zero-order valence-electron chi connectivity index (χ0n) is 8.93. The van der Waals surface area contributed by atoms with E-state index in [-0.39, 0.29) is 24.5 Å². The summed E-state index contributed by atoms with van der Waals surface area (Å²) in [7, 11) is 0. The lowest BCUT2D eigenvalue weighted by atomic mass is 10.1. The summed E-state index contributed by atoms with van der Waals surface area (Å²) in [4.78, 5) is 12.1. The number of thioether (sulfide) groups is 1. The van der Waals surface area contributed by atoms with E-state index in [2.05, 4.69) is 24.4 Å². The van der Waals surface area contributed by atoms with Crippen LogP contribution in [0.1, 0.15) is 18.5 Å². The first-order valence-corrected chi connectivity index (χ1v) is 5.94. The summed E-state index contributed by atoms with van der Waals surface area (Å²) >= 11 is 1.81. The molecular formula is C11H14ClNO2S. The van der Waals surface area contributed by atoms with E-state index in [1.54, 1.807) is 0 Å². The zero-order valence-corrected chi connectivity index (χ0v) is 10.6. The minimum Gasteiger partial charge on any atom is -0.447 e. The van der Waals surface area contributed by atoms with Gasteiger partial charge in [0.2, 0.25) is 0 Å². The summed E-state index contributed by atoms with van der Waals surface area (Å²) in [6.07, 6.45) is -0.327. The summed E-state index contributed by atoms with van der Waals surface area (Å²) in [5.74, 6) is 1.07. The monoisotopic (exact) mass is 259 g/mol. The molecule has 1 atom stereocenters. The van der Waals surface area contributed by atoms with Gasteiger partial charge in [0.25, 0.3) is 0 Å². The van der Waals surface area contributed by atoms with Crippen LogP contribution in [0.15, 0.2) is 29.2 Å². The summed E-state index contributed by atoms with van der Waals surface area (Å²) in [5, 5.41) is 2.75. The van der Waals surface area contributed by atoms with E-state index in [0.717, 1.165) is 11.3 Å². The van der Waals surface area contributed by atoms with Crippen LogP contribution in [0.4, 0.5) is 4.79 Å². The number of carbonyl (C=O) groups excluding carboxylic acids is 1. The summed E-state index contributed by atoms with van der Waals surface area (Å²) in [6, 6.07) is 8.25. The highest BCUT2D eigenvalue weighted by atomic mass is 35.5. The summed E-state index contributed by atoms with van der Waals surface area (Å²) in [6.45, 7) is 2.56. The van der Waals surface area contributed by atoms with Crippen molar-refractivity contribution in [1.82, 2.24) is 5.32 Å². The first-order valence-electron chi connectivity index (χ1n) is 4.95. The van der Waals surface area contributed by atoms with Gasteiger partial charge in [0.15, 0.2) is 0 Å². The third-order valence-electron chi connectivity index (χ3n) is 2.27. The fourth-order valence-electron chi connectivity index (χ4n) is 1.53. The highest BCUT2D eigenvalue weighted by Gasteiger charge is 2.23. The molecule has 5 heteroatoms. The van der Waals surface area contributed by atoms with Gasteiger partial charge in [0, 0.05) is 4.90 Å². The van der Waals surface area contributed by atoms with E-state index in [1.165, 1.54) is 4.90 Å². The lowest BCUT2D eigenvalue weighted by Crippen LogP contribution is -2.18. The Bertz CT molecular complexity index is 356. The van der Waals surface area contributed by atoms with Gasteiger partial charge < -0.3 is 10.1 Å². The molecule has 1 aliphatic rings. The van der Waals surface area contributed by atoms with Gasteiger partial charge in [-0.05, 0) is 23.4 Å². The van der Waals surface area contributed by atoms with Gasteiger partial charge in [-0.1, -0.05) is 19.1 Å². The summed E-state index contributed by atoms with van der Waals surface area (Å²) in [5.41, 5.74) is 1.10. The predicted molar refractivity (Wildman–Crippen MR) is 67.3 cm³/mol. The molecule has 88 valence electrons. The minimum absolute atomic E-state index is 0. The highest BCUT2D eigenvalue weighted by molar-refractivity contribution is 7.99. The molecule has 0 radical (unpaired) electrons. The van der Waals surface area contributed by atoms with Crippen molar-refractivity contribution in [2.45, 2.75) is 17.9 Å². The van der Waals surface area contributed by atoms with Gasteiger partial charge in [0.05, 0.1) is 6.04 Å². The number of carbonyl (C=O) groups is 1. The average Bonchev–Trinajstić information content (AvgIpc) is 2.67. The number of hydrogen-bond acceptors (Lipinski definition) is 3. The lowest BCUT2D eigenvalue weighted by Gasteiger charge is -2.07. The van der Waals surface area contributed by atoms with Crippen molar-refractivity contribution in [3.8, 4) is 0 Å². The smallest absolute Gasteiger partial charge is 0.407 e. The Hall–Kier alpha value is -0.870. The number of benzene rings is 1. The Morgan fingerprint density at radius 3 is 2.62 bits per heavy atom. The third-order valence-corrected chi connectivity index (χ3v) is 3.16. The van der Waals surface area contributed by atoms with Gasteiger partial charge >= 0.3 is 6.09 Å². The molecule has 1 amide bonds. The molecule has 0 aromatic heterocycles. The molecule has 0 unspecified atom stereocenters. The molecule has 0 spiro atoms. The maximum absolute atomic E-state index is 10.9. The quantitative estimate of drug-likeness (QED) is 0.848. The first kappa shape index (κ1) is 13.2. The Morgan fingerprint density at radius 1 is 1.44 bits per heavy atom. The lowest BCUT2D eigenvalue weighted by molar-refractivity contribution is 0.177. The van der Waals surface area contributed by atoms with Gasteiger partial charge in [-0.15, -0.1) is 24.2 Å². The molecule has 16 heavy (non-hydrogen) atoms. The van der Waals surface area contributed by atoms with Crippen molar-refractivity contribution < 1.29 is 9.53 Å². The Labute approximate surface area is 105 Å². The molecule has 0 bridgehead atoms. The third kappa shape index (κ3) is 3.06. The van der Waals surface area contributed by atoms with Crippen molar-refractivity contribution in [1.29, 1.82) is 0 Å². The van der Waals surface area contributed by atoms with Crippen LogP contribution in [0.2, 0.25) is 0 Å². The topological polar surface area (TPSA) is 38.3 Å². The standard InChI is InChI=1S/C11H13NO2S.ClH/c1-2-15-9-5-3-8(4-6-9)10-7-14-11(13)12-10;/h3-6,10H,2,7H2,1H3,(H,12,13);1H/t10-;/m0./s1. The zero-order chi connectivity index (χ0) is 10.7. The second-order valence-corrected chi connectivity index (χ2v) is 4.63. The van der Waals surface area contributed by atoms with Crippen LogP contribution in [0.5, 0.6) is 0 Å². The van der Waals surface area contributed by atoms with E-state index in [9.17, 15) is 4.79 Å². The van der Waals surface area contributed by atoms with Crippen molar-refractivity contribution in [3.05, 3.63) is 29.8 Å². The maximum Gasteiger partial charge on any atom is 0.407 e. The molecule has 1 aromatic carbocycles. The second kappa shape index (κ2) is 6.01. The van der Waals surface area contributed by atoms with Crippen molar-refractivity contribution in [2.75, 3.05) is 12.4 Å². The molecule has 3 nitrogen and oxygen atoms in total. The predicted octanol–water partition coefficient (Wildman–Crippen LogP) is 3.00. The number of rotatable bonds is 3. The van der Waals surface area contributed by atoms with Crippen molar-refractivity contribution in [2.24, 2.45) is 0 Å². The molecule has 2 rings (SSSR count). The van der Waals surface area contributed by atoms with Gasteiger partial charge in [0.1, 0.15) is 6.61 Å². The van der Waals surface area contributed by atoms with Crippen LogP contribution in [-0.2, 0) is 4.74 Å². The molecule has 1 fully saturated rings. The molecule has 1 saturated heterocycles. The molecule has 1 heterocycles. The fourth-order valence-corrected chi connectivity index (χ4v) is 2.19. The second-order valence-electron chi connectivity index (χ2n) is 3.30. The van der Waals surface area contributed by atoms with E-state index >= 15 is 0 Å². The SMILES string of the molecule is CCSc1ccc([C@@H]2COC(=O)N2)cc1.Cl. The Morgan fingerprint density at radius 2 is 2.12 bits per heavy atom. The van der Waals surface area contributed by atoms with Gasteiger partial charge in [-0.3, -0.25) is 0 Å². The Kier molecular flexibility index (Phi) is 4.96. The van der Waals surface area contributed by atoms with Crippen molar-refractivity contribution >= 4 is 30.3 Å². The largest absolute Gasteiger partial charge is 0.447 e. The van der Waals surface area contributed by atoms with Gasteiger partial charge in [-0.25, -0.2) is 4.79 Å². The fraction of sp³-hybridized carbons (Fsp3) is 0.364. The maximum atomic E-state index is 10.9. The number of cyclic esters (lactones) is 1. The van der Waals surface area contributed by atoms with Crippen molar-refractivity contribution in [3.63, 3.8) is 0 Å². The molecule has 1 aliphatic heterocycles. The number of alkyl carbamates (subject to hydrolysis) is 1. The van der Waals surface area contributed by atoms with Crippen LogP contribution in [0.25, 0.3) is 0 Å². The van der Waals surface area contributed by atoms with E-state index in [1.807, 2.05) is 23.9 Å². The van der Waals surface area contributed by atoms with E-state index in [0.29, 0.717) is 6.61 Å². The Balaban J connectivity index is 0.00000128. The minimum atomic E-state index is -0.327. The van der Waals surface area contributed by atoms with Crippen LogP contribution in [0, 0.1) is 0 Å². The molecule has 1 aromatic rings. The molecular weight excluding hydrogens is 246 g/mol. The average molecular weight is 260 g/mol. The van der Waals surface area contributed by atoms with Gasteiger partial charge in [-0.2, -0.15) is 0 Å². The van der Waals surface area contributed by atoms with E-state index < -0.39 is 0 Å². The first-order chi connectivity index (χ1) is 7.29.